The average molecular weight is 542 g/mol. The van der Waals surface area contributed by atoms with Gasteiger partial charge in [0.05, 0.1) is 12.5 Å². The van der Waals surface area contributed by atoms with Gasteiger partial charge in [-0.05, 0) is 48.2 Å². The summed E-state index contributed by atoms with van der Waals surface area (Å²) in [5.41, 5.74) is 4.09. The third-order valence-electron chi connectivity index (χ3n) is 6.86. The topological polar surface area (TPSA) is 59.0 Å². The largest absolute Gasteiger partial charge is 0.491 e. The minimum atomic E-state index is -0.876. The van der Waals surface area contributed by atoms with Crippen LogP contribution < -0.4 is 9.47 Å². The molecule has 1 atom stereocenters. The summed E-state index contributed by atoms with van der Waals surface area (Å²) in [6.45, 7) is 3.22. The van der Waals surface area contributed by atoms with E-state index < -0.39 is 12.8 Å². The first-order chi connectivity index (χ1) is 19.5. The fourth-order valence-electron chi connectivity index (χ4n) is 4.90. The predicted octanol–water partition coefficient (Wildman–Crippen LogP) is 7.11. The average Bonchev–Trinajstić information content (AvgIpc) is 2.96. The molecule has 5 nitrogen and oxygen atoms in total. The van der Waals surface area contributed by atoms with Crippen molar-refractivity contribution in [3.8, 4) is 11.5 Å². The molecular weight excluding hydrogens is 505 g/mol. The summed E-state index contributed by atoms with van der Waals surface area (Å²) in [4.78, 5) is 13.5. The number of ether oxygens (including phenoxy) is 2. The number of carboxylic acid groups (broad SMARTS) is 1. The lowest BCUT2D eigenvalue weighted by Crippen LogP contribution is -2.32. The predicted molar refractivity (Wildman–Crippen MR) is 156 cm³/mol. The molecule has 0 unspecified atom stereocenters. The number of hydrogen-bond donors (Lipinski definition) is 1. The lowest BCUT2D eigenvalue weighted by molar-refractivity contribution is -0.136. The van der Waals surface area contributed by atoms with Crippen LogP contribution in [-0.4, -0.2) is 42.0 Å². The molecule has 0 saturated heterocycles. The van der Waals surface area contributed by atoms with Gasteiger partial charge in [-0.25, -0.2) is 4.39 Å². The first-order valence-electron chi connectivity index (χ1n) is 13.6. The summed E-state index contributed by atoms with van der Waals surface area (Å²) >= 11 is 0. The Morgan fingerprint density at radius 2 is 1.52 bits per heavy atom. The molecule has 0 amide bonds. The zero-order valence-electron chi connectivity index (χ0n) is 22.8. The number of aliphatic carboxylic acids is 1. The maximum atomic E-state index is 13.1. The Hall–Kier alpha value is -4.16. The van der Waals surface area contributed by atoms with Crippen molar-refractivity contribution in [3.63, 3.8) is 0 Å². The molecule has 0 saturated carbocycles. The fourth-order valence-corrected chi connectivity index (χ4v) is 4.90. The first kappa shape index (κ1) is 28.8. The number of benzene rings is 4. The van der Waals surface area contributed by atoms with Crippen LogP contribution in [0.15, 0.2) is 109 Å². The maximum Gasteiger partial charge on any atom is 0.307 e. The number of rotatable bonds is 15. The highest BCUT2D eigenvalue weighted by Crippen LogP contribution is 2.28. The van der Waals surface area contributed by atoms with Crippen molar-refractivity contribution in [2.24, 2.45) is 0 Å². The second-order valence-electron chi connectivity index (χ2n) is 9.91. The zero-order valence-corrected chi connectivity index (χ0v) is 22.8. The zero-order chi connectivity index (χ0) is 28.2. The molecule has 4 aromatic carbocycles. The number of hydrogen-bond acceptors (Lipinski definition) is 4. The van der Waals surface area contributed by atoms with E-state index in [1.54, 1.807) is 18.2 Å². The van der Waals surface area contributed by atoms with E-state index in [-0.39, 0.29) is 18.4 Å². The van der Waals surface area contributed by atoms with Crippen molar-refractivity contribution >= 4 is 5.97 Å². The van der Waals surface area contributed by atoms with Gasteiger partial charge in [0, 0.05) is 31.1 Å². The van der Waals surface area contributed by atoms with Crippen LogP contribution in [0.1, 0.15) is 41.5 Å². The summed E-state index contributed by atoms with van der Waals surface area (Å²) in [5, 5.41) is 9.12. The third-order valence-corrected chi connectivity index (χ3v) is 6.86. The Labute approximate surface area is 235 Å². The first-order valence-corrected chi connectivity index (χ1v) is 13.6. The van der Waals surface area contributed by atoms with E-state index in [0.717, 1.165) is 25.1 Å². The summed E-state index contributed by atoms with van der Waals surface area (Å²) < 4.78 is 24.6. The molecule has 40 heavy (non-hydrogen) atoms. The van der Waals surface area contributed by atoms with Gasteiger partial charge in [-0.15, -0.1) is 0 Å². The van der Waals surface area contributed by atoms with E-state index in [4.69, 9.17) is 14.6 Å². The van der Waals surface area contributed by atoms with E-state index in [1.807, 2.05) is 49.4 Å². The minimum absolute atomic E-state index is 0.0416. The van der Waals surface area contributed by atoms with Crippen molar-refractivity contribution in [1.29, 1.82) is 0 Å². The van der Waals surface area contributed by atoms with Crippen molar-refractivity contribution in [2.45, 2.75) is 38.3 Å². The minimum Gasteiger partial charge on any atom is -0.491 e. The Bertz CT molecular complexity index is 1290. The molecule has 0 heterocycles. The highest BCUT2D eigenvalue weighted by Gasteiger charge is 2.20. The summed E-state index contributed by atoms with van der Waals surface area (Å²) in [7, 11) is 0. The number of nitrogens with zero attached hydrogens (tertiary/aromatic N) is 1. The lowest BCUT2D eigenvalue weighted by atomic mass is 9.90. The van der Waals surface area contributed by atoms with Gasteiger partial charge in [0.1, 0.15) is 11.5 Å². The highest BCUT2D eigenvalue weighted by atomic mass is 19.1. The van der Waals surface area contributed by atoms with Gasteiger partial charge in [-0.1, -0.05) is 91.0 Å². The van der Waals surface area contributed by atoms with Gasteiger partial charge in [0.2, 0.25) is 6.86 Å². The molecular formula is C34H36FNO4. The van der Waals surface area contributed by atoms with Crippen molar-refractivity contribution in [3.05, 3.63) is 131 Å². The second kappa shape index (κ2) is 14.8. The Kier molecular flexibility index (Phi) is 10.7. The molecule has 0 aliphatic rings. The van der Waals surface area contributed by atoms with Crippen LogP contribution in [0.2, 0.25) is 0 Å². The highest BCUT2D eigenvalue weighted by molar-refractivity contribution is 5.70. The molecule has 0 fully saturated rings. The molecule has 6 heteroatoms. The maximum absolute atomic E-state index is 13.1. The smallest absolute Gasteiger partial charge is 0.307 e. The van der Waals surface area contributed by atoms with E-state index >= 15 is 0 Å². The van der Waals surface area contributed by atoms with Crippen LogP contribution in [0, 0.1) is 0 Å². The Morgan fingerprint density at radius 1 is 0.875 bits per heavy atom. The van der Waals surface area contributed by atoms with Crippen molar-refractivity contribution in [2.75, 3.05) is 20.0 Å². The monoisotopic (exact) mass is 541 g/mol. The summed E-state index contributed by atoms with van der Waals surface area (Å²) in [5.74, 6) is 0.473. The lowest BCUT2D eigenvalue weighted by Gasteiger charge is -2.30. The normalized spacial score (nSPS) is 11.9. The number of alkyl halides is 1. The van der Waals surface area contributed by atoms with Crippen LogP contribution in [0.4, 0.5) is 4.39 Å². The molecule has 0 spiro atoms. The molecule has 0 aliphatic heterocycles. The third kappa shape index (κ3) is 8.68. The Balaban J connectivity index is 1.54. The molecule has 0 aromatic heterocycles. The van der Waals surface area contributed by atoms with Crippen LogP contribution in [-0.2, 0) is 17.8 Å². The number of halogens is 1. The molecule has 4 rings (SSSR count). The van der Waals surface area contributed by atoms with Gasteiger partial charge in [0.15, 0.2) is 0 Å². The fraction of sp³-hybridized carbons (Fsp3) is 0.265. The summed E-state index contributed by atoms with van der Waals surface area (Å²) in [6, 6.07) is 35.8. The van der Waals surface area contributed by atoms with Crippen molar-refractivity contribution < 1.29 is 23.8 Å². The number of carboxylic acids is 1. The molecule has 0 aliphatic carbocycles. The van der Waals surface area contributed by atoms with Crippen LogP contribution in [0.5, 0.6) is 11.5 Å². The molecule has 208 valence electrons. The van der Waals surface area contributed by atoms with E-state index in [0.29, 0.717) is 23.6 Å². The van der Waals surface area contributed by atoms with Gasteiger partial charge in [-0.3, -0.25) is 9.69 Å². The summed E-state index contributed by atoms with van der Waals surface area (Å²) in [6.07, 6.45) is 0.595. The SMILES string of the molecule is C[C@H](CCN(Cc1ccccc1OCF)CC(c1ccccc1)c1ccccc1)Oc1cccc(CC(=O)O)c1. The van der Waals surface area contributed by atoms with Crippen molar-refractivity contribution in [1.82, 2.24) is 4.90 Å². The second-order valence-corrected chi connectivity index (χ2v) is 9.91. The van der Waals surface area contributed by atoms with E-state index in [2.05, 4.69) is 53.4 Å². The van der Waals surface area contributed by atoms with Gasteiger partial charge >= 0.3 is 5.97 Å². The van der Waals surface area contributed by atoms with Crippen LogP contribution in [0.3, 0.4) is 0 Å². The quantitative estimate of drug-likeness (QED) is 0.174. The van der Waals surface area contributed by atoms with Crippen LogP contribution in [0.25, 0.3) is 0 Å². The number of para-hydroxylation sites is 1. The molecule has 1 N–H and O–H groups in total. The standard InChI is InChI=1S/C34H36FNO4/c1-26(40-31-17-10-11-27(21-31)22-34(37)38)19-20-36(23-30-16-8-9-18-33(30)39-25-35)24-32(28-12-4-2-5-13-28)29-14-6-3-7-15-29/h2-18,21,26,32H,19-20,22-25H2,1H3,(H,37,38)/t26-/m1/s1. The number of carbonyl (C=O) groups is 1. The molecule has 0 radical (unpaired) electrons. The molecule has 4 aromatic rings. The van der Waals surface area contributed by atoms with Gasteiger partial charge in [-0.2, -0.15) is 0 Å². The van der Waals surface area contributed by atoms with E-state index in [1.165, 1.54) is 11.1 Å². The Morgan fingerprint density at radius 3 is 2.17 bits per heavy atom. The molecule has 0 bridgehead atoms. The van der Waals surface area contributed by atoms with Gasteiger partial charge in [0.25, 0.3) is 0 Å². The van der Waals surface area contributed by atoms with Gasteiger partial charge < -0.3 is 14.6 Å². The van der Waals surface area contributed by atoms with Crippen LogP contribution >= 0.6 is 0 Å². The van der Waals surface area contributed by atoms with E-state index in [9.17, 15) is 9.18 Å².